The Labute approximate surface area is 171 Å². The Balaban J connectivity index is 1.83. The van der Waals surface area contributed by atoms with Crippen molar-refractivity contribution >= 4 is 12.0 Å². The molecule has 5 heteroatoms. The molecule has 0 aromatic heterocycles. The lowest BCUT2D eigenvalue weighted by Crippen LogP contribution is -2.44. The minimum absolute atomic E-state index is 0.333. The fourth-order valence-electron chi connectivity index (χ4n) is 3.20. The highest BCUT2D eigenvalue weighted by atomic mass is 16.6. The standard InChI is InChI=1S/C24H27NO4/c1-17-10-8-9-13-19(17)16-28-21-15-22(26)25(23(27)29-24(2,3)4)20(21)14-18-11-6-5-7-12-18/h5-13,15,20H,14,16H2,1-4H3/t20-/m0/s1. The molecule has 0 bridgehead atoms. The van der Waals surface area contributed by atoms with Gasteiger partial charge in [0, 0.05) is 12.5 Å². The van der Waals surface area contributed by atoms with E-state index < -0.39 is 23.6 Å². The van der Waals surface area contributed by atoms with Crippen molar-refractivity contribution in [2.24, 2.45) is 0 Å². The Morgan fingerprint density at radius 1 is 1.03 bits per heavy atom. The van der Waals surface area contributed by atoms with Crippen LogP contribution in [0.25, 0.3) is 0 Å². The number of hydrogen-bond acceptors (Lipinski definition) is 4. The number of benzene rings is 2. The lowest BCUT2D eigenvalue weighted by Gasteiger charge is -2.28. The van der Waals surface area contributed by atoms with Gasteiger partial charge in [-0.2, -0.15) is 0 Å². The third-order valence-electron chi connectivity index (χ3n) is 4.66. The van der Waals surface area contributed by atoms with E-state index in [1.54, 1.807) is 20.8 Å². The molecule has 3 rings (SSSR count). The van der Waals surface area contributed by atoms with Crippen LogP contribution >= 0.6 is 0 Å². The number of carbonyl (C=O) groups excluding carboxylic acids is 2. The van der Waals surface area contributed by atoms with Gasteiger partial charge in [0.1, 0.15) is 24.0 Å². The first-order valence-electron chi connectivity index (χ1n) is 9.73. The van der Waals surface area contributed by atoms with Gasteiger partial charge in [-0.3, -0.25) is 4.79 Å². The Hall–Kier alpha value is -3.08. The molecule has 0 saturated carbocycles. The van der Waals surface area contributed by atoms with E-state index in [0.29, 0.717) is 18.8 Å². The van der Waals surface area contributed by atoms with E-state index >= 15 is 0 Å². The first kappa shape index (κ1) is 20.6. The summed E-state index contributed by atoms with van der Waals surface area (Å²) in [5, 5.41) is 0. The van der Waals surface area contributed by atoms with Crippen molar-refractivity contribution in [3.8, 4) is 0 Å². The van der Waals surface area contributed by atoms with Crippen molar-refractivity contribution in [3.63, 3.8) is 0 Å². The van der Waals surface area contributed by atoms with E-state index in [-0.39, 0.29) is 0 Å². The normalized spacial score (nSPS) is 16.6. The number of rotatable bonds is 5. The van der Waals surface area contributed by atoms with Crippen molar-refractivity contribution in [3.05, 3.63) is 83.1 Å². The van der Waals surface area contributed by atoms with Gasteiger partial charge in [0.15, 0.2) is 0 Å². The van der Waals surface area contributed by atoms with Crippen LogP contribution in [0.3, 0.4) is 0 Å². The van der Waals surface area contributed by atoms with Crippen LogP contribution in [-0.4, -0.2) is 28.5 Å². The van der Waals surface area contributed by atoms with Crippen molar-refractivity contribution < 1.29 is 19.1 Å². The predicted octanol–water partition coefficient (Wildman–Crippen LogP) is 4.78. The molecule has 1 atom stereocenters. The second-order valence-electron chi connectivity index (χ2n) is 8.16. The molecule has 0 spiro atoms. The maximum absolute atomic E-state index is 12.7. The van der Waals surface area contributed by atoms with Crippen LogP contribution in [0.2, 0.25) is 0 Å². The Bertz CT molecular complexity index is 912. The lowest BCUT2D eigenvalue weighted by atomic mass is 10.0. The van der Waals surface area contributed by atoms with Gasteiger partial charge in [-0.05, 0) is 44.4 Å². The Morgan fingerprint density at radius 2 is 1.69 bits per heavy atom. The zero-order valence-electron chi connectivity index (χ0n) is 17.3. The molecule has 0 fully saturated rings. The SMILES string of the molecule is Cc1ccccc1COC1=CC(=O)N(C(=O)OC(C)(C)C)[C@H]1Cc1ccccc1. The van der Waals surface area contributed by atoms with Crippen LogP contribution in [0, 0.1) is 6.92 Å². The Morgan fingerprint density at radius 3 is 2.34 bits per heavy atom. The van der Waals surface area contributed by atoms with Crippen molar-refractivity contribution in [1.29, 1.82) is 0 Å². The van der Waals surface area contributed by atoms with Gasteiger partial charge < -0.3 is 9.47 Å². The van der Waals surface area contributed by atoms with Gasteiger partial charge in [0.25, 0.3) is 5.91 Å². The molecule has 0 radical (unpaired) electrons. The molecule has 2 amide bonds. The zero-order chi connectivity index (χ0) is 21.0. The topological polar surface area (TPSA) is 55.8 Å². The Kier molecular flexibility index (Phi) is 6.06. The van der Waals surface area contributed by atoms with Crippen LogP contribution in [0.4, 0.5) is 4.79 Å². The van der Waals surface area contributed by atoms with Crippen LogP contribution in [0.1, 0.15) is 37.5 Å². The molecule has 0 saturated heterocycles. The number of carbonyl (C=O) groups is 2. The minimum Gasteiger partial charge on any atom is -0.491 e. The van der Waals surface area contributed by atoms with E-state index in [2.05, 4.69) is 0 Å². The molecule has 0 N–H and O–H groups in total. The molecular formula is C24H27NO4. The maximum atomic E-state index is 12.7. The summed E-state index contributed by atoms with van der Waals surface area (Å²) < 4.78 is 11.5. The number of amides is 2. The average molecular weight is 393 g/mol. The van der Waals surface area contributed by atoms with Crippen molar-refractivity contribution in [2.45, 2.75) is 52.4 Å². The molecule has 0 unspecified atom stereocenters. The summed E-state index contributed by atoms with van der Waals surface area (Å²) in [7, 11) is 0. The van der Waals surface area contributed by atoms with Gasteiger partial charge in [0.2, 0.25) is 0 Å². The molecule has 0 aliphatic carbocycles. The van der Waals surface area contributed by atoms with E-state index in [9.17, 15) is 9.59 Å². The highest BCUT2D eigenvalue weighted by Crippen LogP contribution is 2.27. The molecule has 1 heterocycles. The molecule has 29 heavy (non-hydrogen) atoms. The number of ether oxygens (including phenoxy) is 2. The number of aryl methyl sites for hydroxylation is 1. The van der Waals surface area contributed by atoms with E-state index in [4.69, 9.17) is 9.47 Å². The summed E-state index contributed by atoms with van der Waals surface area (Å²) in [6.07, 6.45) is 1.20. The highest BCUT2D eigenvalue weighted by Gasteiger charge is 2.41. The van der Waals surface area contributed by atoms with Gasteiger partial charge in [-0.15, -0.1) is 0 Å². The summed E-state index contributed by atoms with van der Waals surface area (Å²) in [6.45, 7) is 7.68. The molecule has 2 aromatic carbocycles. The molecule has 152 valence electrons. The molecule has 5 nitrogen and oxygen atoms in total. The number of imide groups is 1. The molecule has 2 aromatic rings. The number of hydrogen-bond donors (Lipinski definition) is 0. The van der Waals surface area contributed by atoms with Crippen LogP contribution in [-0.2, 0) is 27.3 Å². The summed E-state index contributed by atoms with van der Waals surface area (Å²) >= 11 is 0. The molecular weight excluding hydrogens is 366 g/mol. The molecule has 1 aliphatic heterocycles. The third kappa shape index (κ3) is 5.25. The van der Waals surface area contributed by atoms with Gasteiger partial charge in [0.05, 0.1) is 0 Å². The fourth-order valence-corrected chi connectivity index (χ4v) is 3.20. The summed E-state index contributed by atoms with van der Waals surface area (Å²) in [5.41, 5.74) is 2.46. The summed E-state index contributed by atoms with van der Waals surface area (Å²) in [4.78, 5) is 26.6. The average Bonchev–Trinajstić information content (AvgIpc) is 2.96. The largest absolute Gasteiger partial charge is 0.491 e. The summed E-state index contributed by atoms with van der Waals surface area (Å²) in [5.74, 6) is 0.0629. The lowest BCUT2D eigenvalue weighted by molar-refractivity contribution is -0.125. The zero-order valence-corrected chi connectivity index (χ0v) is 17.3. The highest BCUT2D eigenvalue weighted by molar-refractivity contribution is 6.02. The third-order valence-corrected chi connectivity index (χ3v) is 4.66. The van der Waals surface area contributed by atoms with Crippen molar-refractivity contribution in [1.82, 2.24) is 4.90 Å². The quantitative estimate of drug-likeness (QED) is 0.733. The molecule has 1 aliphatic rings. The van der Waals surface area contributed by atoms with Crippen LogP contribution in [0.15, 0.2) is 66.4 Å². The summed E-state index contributed by atoms with van der Waals surface area (Å²) in [6, 6.07) is 17.1. The monoisotopic (exact) mass is 393 g/mol. The second kappa shape index (κ2) is 8.52. The smallest absolute Gasteiger partial charge is 0.418 e. The second-order valence-corrected chi connectivity index (χ2v) is 8.16. The van der Waals surface area contributed by atoms with Crippen molar-refractivity contribution in [2.75, 3.05) is 0 Å². The van der Waals surface area contributed by atoms with E-state index in [0.717, 1.165) is 21.6 Å². The minimum atomic E-state index is -0.695. The van der Waals surface area contributed by atoms with Gasteiger partial charge in [-0.25, -0.2) is 9.69 Å². The maximum Gasteiger partial charge on any atom is 0.418 e. The van der Waals surface area contributed by atoms with E-state index in [1.165, 1.54) is 6.08 Å². The first-order valence-corrected chi connectivity index (χ1v) is 9.73. The number of nitrogens with zero attached hydrogens (tertiary/aromatic N) is 1. The van der Waals surface area contributed by atoms with Gasteiger partial charge in [-0.1, -0.05) is 54.6 Å². The van der Waals surface area contributed by atoms with Crippen LogP contribution < -0.4 is 0 Å². The first-order chi connectivity index (χ1) is 13.7. The van der Waals surface area contributed by atoms with Gasteiger partial charge >= 0.3 is 6.09 Å². The van der Waals surface area contributed by atoms with Crippen LogP contribution in [0.5, 0.6) is 0 Å². The van der Waals surface area contributed by atoms with E-state index in [1.807, 2.05) is 61.5 Å². The predicted molar refractivity (Wildman–Crippen MR) is 111 cm³/mol. The fraction of sp³-hybridized carbons (Fsp3) is 0.333.